The fourth-order valence-corrected chi connectivity index (χ4v) is 1.96. The lowest BCUT2D eigenvalue weighted by molar-refractivity contribution is 0.290. The average molecular weight is 280 g/mol. The molecule has 2 aromatic rings. The average Bonchev–Trinajstić information content (AvgIpc) is 2.73. The van der Waals surface area contributed by atoms with Crippen molar-refractivity contribution >= 4 is 11.6 Å². The molecule has 0 bridgehead atoms. The van der Waals surface area contributed by atoms with Crippen LogP contribution in [0.3, 0.4) is 0 Å². The van der Waals surface area contributed by atoms with Gasteiger partial charge >= 0.3 is 0 Å². The zero-order chi connectivity index (χ0) is 13.7. The molecule has 19 heavy (non-hydrogen) atoms. The van der Waals surface area contributed by atoms with Crippen molar-refractivity contribution in [2.75, 3.05) is 13.2 Å². The lowest BCUT2D eigenvalue weighted by Gasteiger charge is -2.08. The number of benzene rings is 1. The number of halogens is 1. The van der Waals surface area contributed by atoms with Crippen molar-refractivity contribution in [2.45, 2.75) is 19.9 Å². The van der Waals surface area contributed by atoms with Gasteiger partial charge in [-0.25, -0.2) is 0 Å². The van der Waals surface area contributed by atoms with E-state index in [-0.39, 0.29) is 0 Å². The first-order valence-electron chi connectivity index (χ1n) is 6.30. The molecule has 1 aromatic carbocycles. The van der Waals surface area contributed by atoms with E-state index in [1.807, 2.05) is 35.9 Å². The third-order valence-electron chi connectivity index (χ3n) is 2.97. The van der Waals surface area contributed by atoms with Crippen LogP contribution in [0.5, 0.6) is 5.75 Å². The second-order valence-corrected chi connectivity index (χ2v) is 4.74. The summed E-state index contributed by atoms with van der Waals surface area (Å²) in [6.07, 6.45) is 2.55. The molecule has 0 aliphatic carbocycles. The lowest BCUT2D eigenvalue weighted by Crippen LogP contribution is -2.10. The van der Waals surface area contributed by atoms with Gasteiger partial charge in [-0.05, 0) is 37.6 Å². The van der Waals surface area contributed by atoms with E-state index in [0.717, 1.165) is 17.9 Å². The predicted molar refractivity (Wildman–Crippen MR) is 76.7 cm³/mol. The molecule has 4 nitrogen and oxygen atoms in total. The van der Waals surface area contributed by atoms with Crippen LogP contribution in [0.25, 0.3) is 0 Å². The van der Waals surface area contributed by atoms with E-state index < -0.39 is 0 Å². The largest absolute Gasteiger partial charge is 0.492 e. The van der Waals surface area contributed by atoms with Crippen LogP contribution in [0.2, 0.25) is 5.02 Å². The summed E-state index contributed by atoms with van der Waals surface area (Å²) in [5.41, 5.74) is 7.70. The molecule has 2 N–H and O–H groups in total. The van der Waals surface area contributed by atoms with E-state index in [9.17, 15) is 0 Å². The van der Waals surface area contributed by atoms with Crippen LogP contribution in [-0.4, -0.2) is 22.9 Å². The Kier molecular flexibility index (Phi) is 4.82. The zero-order valence-corrected chi connectivity index (χ0v) is 11.7. The van der Waals surface area contributed by atoms with Crippen LogP contribution >= 0.6 is 11.6 Å². The van der Waals surface area contributed by atoms with Gasteiger partial charge in [-0.2, -0.15) is 5.10 Å². The van der Waals surface area contributed by atoms with Crippen molar-refractivity contribution < 1.29 is 4.74 Å². The van der Waals surface area contributed by atoms with E-state index in [4.69, 9.17) is 22.1 Å². The number of hydrogen-bond donors (Lipinski definition) is 1. The van der Waals surface area contributed by atoms with Gasteiger partial charge in [0.1, 0.15) is 12.4 Å². The first-order valence-corrected chi connectivity index (χ1v) is 6.68. The Morgan fingerprint density at radius 3 is 2.63 bits per heavy atom. The molecule has 0 aliphatic heterocycles. The molecule has 0 saturated carbocycles. The van der Waals surface area contributed by atoms with Gasteiger partial charge < -0.3 is 10.5 Å². The molecule has 0 saturated heterocycles. The molecule has 1 heterocycles. The summed E-state index contributed by atoms with van der Waals surface area (Å²) >= 11 is 5.94. The predicted octanol–water partition coefficient (Wildman–Crippen LogP) is 2.43. The minimum Gasteiger partial charge on any atom is -0.492 e. The quantitative estimate of drug-likeness (QED) is 0.883. The van der Waals surface area contributed by atoms with Crippen LogP contribution < -0.4 is 10.5 Å². The summed E-state index contributed by atoms with van der Waals surface area (Å²) in [5.74, 6) is 0.858. The third-order valence-corrected chi connectivity index (χ3v) is 3.34. The fourth-order valence-electron chi connectivity index (χ4n) is 1.82. The van der Waals surface area contributed by atoms with Gasteiger partial charge in [-0.3, -0.25) is 4.68 Å². The standard InChI is InChI=1S/C14H18ClN3O/c1-11-14(15)10-17-18(11)8-9-19-13-4-2-12(3-5-13)6-7-16/h2-5,10H,6-9,16H2,1H3. The highest BCUT2D eigenvalue weighted by molar-refractivity contribution is 6.31. The summed E-state index contributed by atoms with van der Waals surface area (Å²) in [6, 6.07) is 8.01. The maximum absolute atomic E-state index is 5.94. The molecule has 2 rings (SSSR count). The Hall–Kier alpha value is -1.52. The van der Waals surface area contributed by atoms with Gasteiger partial charge in [0.2, 0.25) is 0 Å². The third kappa shape index (κ3) is 3.72. The Bertz CT molecular complexity index is 522. The molecule has 0 spiro atoms. The summed E-state index contributed by atoms with van der Waals surface area (Å²) in [5, 5.41) is 4.86. The van der Waals surface area contributed by atoms with Gasteiger partial charge in [-0.1, -0.05) is 23.7 Å². The van der Waals surface area contributed by atoms with Crippen molar-refractivity contribution in [3.63, 3.8) is 0 Å². The monoisotopic (exact) mass is 279 g/mol. The molecule has 0 radical (unpaired) electrons. The van der Waals surface area contributed by atoms with Crippen LogP contribution in [0.4, 0.5) is 0 Å². The van der Waals surface area contributed by atoms with E-state index in [0.29, 0.717) is 24.7 Å². The molecular weight excluding hydrogens is 262 g/mol. The van der Waals surface area contributed by atoms with Crippen LogP contribution in [0, 0.1) is 6.92 Å². The molecule has 0 fully saturated rings. The maximum Gasteiger partial charge on any atom is 0.119 e. The number of aromatic nitrogens is 2. The molecule has 0 unspecified atom stereocenters. The summed E-state index contributed by atoms with van der Waals surface area (Å²) in [4.78, 5) is 0. The highest BCUT2D eigenvalue weighted by Gasteiger charge is 2.03. The Morgan fingerprint density at radius 2 is 2.05 bits per heavy atom. The first-order chi connectivity index (χ1) is 9.20. The molecular formula is C14H18ClN3O. The zero-order valence-electron chi connectivity index (χ0n) is 11.0. The number of rotatable bonds is 6. The first kappa shape index (κ1) is 13.9. The second-order valence-electron chi connectivity index (χ2n) is 4.33. The van der Waals surface area contributed by atoms with Crippen LogP contribution in [0.1, 0.15) is 11.3 Å². The van der Waals surface area contributed by atoms with Crippen molar-refractivity contribution in [1.82, 2.24) is 9.78 Å². The fraction of sp³-hybridized carbons (Fsp3) is 0.357. The molecule has 5 heteroatoms. The Morgan fingerprint density at radius 1 is 1.32 bits per heavy atom. The van der Waals surface area contributed by atoms with Gasteiger partial charge in [0.25, 0.3) is 0 Å². The molecule has 0 aliphatic rings. The minimum absolute atomic E-state index is 0.565. The number of hydrogen-bond acceptors (Lipinski definition) is 3. The number of nitrogens with two attached hydrogens (primary N) is 1. The highest BCUT2D eigenvalue weighted by atomic mass is 35.5. The SMILES string of the molecule is Cc1c(Cl)cnn1CCOc1ccc(CCN)cc1. The van der Waals surface area contributed by atoms with E-state index in [1.165, 1.54) is 5.56 Å². The lowest BCUT2D eigenvalue weighted by atomic mass is 10.1. The van der Waals surface area contributed by atoms with E-state index in [1.54, 1.807) is 6.20 Å². The van der Waals surface area contributed by atoms with Crippen molar-refractivity contribution in [3.05, 3.63) is 46.7 Å². The summed E-state index contributed by atoms with van der Waals surface area (Å²) in [7, 11) is 0. The van der Waals surface area contributed by atoms with Crippen LogP contribution in [-0.2, 0) is 13.0 Å². The smallest absolute Gasteiger partial charge is 0.119 e. The second kappa shape index (κ2) is 6.59. The van der Waals surface area contributed by atoms with Gasteiger partial charge in [0.05, 0.1) is 23.5 Å². The van der Waals surface area contributed by atoms with Crippen molar-refractivity contribution in [3.8, 4) is 5.75 Å². The van der Waals surface area contributed by atoms with Crippen molar-refractivity contribution in [2.24, 2.45) is 5.73 Å². The highest BCUT2D eigenvalue weighted by Crippen LogP contribution is 2.14. The molecule has 0 atom stereocenters. The number of ether oxygens (including phenoxy) is 1. The van der Waals surface area contributed by atoms with Gasteiger partial charge in [-0.15, -0.1) is 0 Å². The van der Waals surface area contributed by atoms with E-state index >= 15 is 0 Å². The Labute approximate surface area is 118 Å². The maximum atomic E-state index is 5.94. The number of nitrogens with zero attached hydrogens (tertiary/aromatic N) is 2. The van der Waals surface area contributed by atoms with Gasteiger partial charge in [0, 0.05) is 0 Å². The molecule has 1 aromatic heterocycles. The van der Waals surface area contributed by atoms with Crippen molar-refractivity contribution in [1.29, 1.82) is 0 Å². The van der Waals surface area contributed by atoms with Crippen LogP contribution in [0.15, 0.2) is 30.5 Å². The van der Waals surface area contributed by atoms with E-state index in [2.05, 4.69) is 5.10 Å². The minimum atomic E-state index is 0.565. The summed E-state index contributed by atoms with van der Waals surface area (Å²) < 4.78 is 7.51. The topological polar surface area (TPSA) is 53.1 Å². The Balaban J connectivity index is 1.84. The summed E-state index contributed by atoms with van der Waals surface area (Å²) in [6.45, 7) is 3.86. The van der Waals surface area contributed by atoms with Gasteiger partial charge in [0.15, 0.2) is 0 Å². The molecule has 0 amide bonds. The normalized spacial score (nSPS) is 10.7. The molecule has 102 valence electrons.